The lowest BCUT2D eigenvalue weighted by atomic mass is 10.0. The van der Waals surface area contributed by atoms with E-state index in [2.05, 4.69) is 10.5 Å². The average Bonchev–Trinajstić information content (AvgIpc) is 2.72. The first-order valence-electron chi connectivity index (χ1n) is 8.71. The molecule has 6 nitrogen and oxygen atoms in total. The molecule has 0 unspecified atom stereocenters. The van der Waals surface area contributed by atoms with Crippen molar-refractivity contribution in [2.75, 3.05) is 0 Å². The van der Waals surface area contributed by atoms with Crippen molar-refractivity contribution >= 4 is 17.3 Å². The van der Waals surface area contributed by atoms with Gasteiger partial charge in [-0.15, -0.1) is 0 Å². The molecule has 28 heavy (non-hydrogen) atoms. The maximum atomic E-state index is 12.3. The topological polar surface area (TPSA) is 84.6 Å². The van der Waals surface area contributed by atoms with E-state index in [4.69, 9.17) is 0 Å². The van der Waals surface area contributed by atoms with Gasteiger partial charge in [0, 0.05) is 17.2 Å². The molecule has 0 fully saturated rings. The lowest BCUT2D eigenvalue weighted by Crippen LogP contribution is -2.19. The van der Waals surface area contributed by atoms with Gasteiger partial charge in [-0.05, 0) is 42.7 Å². The van der Waals surface area contributed by atoms with Crippen molar-refractivity contribution in [2.45, 2.75) is 13.8 Å². The van der Waals surface area contributed by atoms with Crippen molar-refractivity contribution in [3.05, 3.63) is 99.6 Å². The summed E-state index contributed by atoms with van der Waals surface area (Å²) in [6, 6.07) is 22.2. The minimum Gasteiger partial charge on any atom is -0.267 e. The molecule has 1 amide bonds. The maximum Gasteiger partial charge on any atom is 0.272 e. The smallest absolute Gasteiger partial charge is 0.267 e. The molecule has 0 heterocycles. The minimum absolute atomic E-state index is 0.0188. The molecule has 0 aliphatic heterocycles. The van der Waals surface area contributed by atoms with Gasteiger partial charge in [-0.25, -0.2) is 5.43 Å². The summed E-state index contributed by atoms with van der Waals surface area (Å²) in [5.74, 6) is -0.418. The van der Waals surface area contributed by atoms with Gasteiger partial charge in [-0.1, -0.05) is 54.6 Å². The van der Waals surface area contributed by atoms with Crippen molar-refractivity contribution in [3.8, 4) is 11.1 Å². The predicted octanol–water partition coefficient (Wildman–Crippen LogP) is 4.72. The van der Waals surface area contributed by atoms with Crippen LogP contribution >= 0.6 is 0 Å². The fraction of sp³-hybridized carbons (Fsp3) is 0.0909. The van der Waals surface area contributed by atoms with Crippen LogP contribution in [0.15, 0.2) is 77.9 Å². The highest BCUT2D eigenvalue weighted by molar-refractivity contribution is 6.01. The van der Waals surface area contributed by atoms with Gasteiger partial charge in [-0.2, -0.15) is 5.10 Å². The first kappa shape index (κ1) is 19.0. The number of nitrogens with one attached hydrogen (secondary N) is 1. The van der Waals surface area contributed by atoms with E-state index in [-0.39, 0.29) is 5.69 Å². The average molecular weight is 373 g/mol. The number of hydrogen-bond acceptors (Lipinski definition) is 4. The number of nitrogens with zero attached hydrogens (tertiary/aromatic N) is 2. The molecule has 0 bridgehead atoms. The fourth-order valence-corrected chi connectivity index (χ4v) is 2.80. The summed E-state index contributed by atoms with van der Waals surface area (Å²) in [4.78, 5) is 22.7. The first-order valence-corrected chi connectivity index (χ1v) is 8.71. The van der Waals surface area contributed by atoms with Gasteiger partial charge in [-0.3, -0.25) is 14.9 Å². The van der Waals surface area contributed by atoms with E-state index < -0.39 is 10.8 Å². The van der Waals surface area contributed by atoms with Crippen molar-refractivity contribution < 1.29 is 9.72 Å². The van der Waals surface area contributed by atoms with E-state index in [0.717, 1.165) is 16.7 Å². The highest BCUT2D eigenvalue weighted by atomic mass is 16.6. The maximum absolute atomic E-state index is 12.3. The number of benzene rings is 3. The number of hydrazone groups is 1. The Balaban J connectivity index is 1.71. The Labute approximate surface area is 162 Å². The van der Waals surface area contributed by atoms with Crippen LogP contribution in [-0.4, -0.2) is 16.5 Å². The molecule has 3 aromatic carbocycles. The summed E-state index contributed by atoms with van der Waals surface area (Å²) in [5, 5.41) is 15.0. The third-order valence-corrected chi connectivity index (χ3v) is 4.39. The molecule has 1 N–H and O–H groups in total. The molecule has 3 rings (SSSR count). The monoisotopic (exact) mass is 373 g/mol. The van der Waals surface area contributed by atoms with Gasteiger partial charge in [0.2, 0.25) is 0 Å². The number of nitro groups is 1. The van der Waals surface area contributed by atoms with E-state index in [1.54, 1.807) is 13.8 Å². The molecule has 0 aromatic heterocycles. The van der Waals surface area contributed by atoms with Crippen LogP contribution in [0.5, 0.6) is 0 Å². The highest BCUT2D eigenvalue weighted by Gasteiger charge is 2.13. The largest absolute Gasteiger partial charge is 0.272 e. The van der Waals surface area contributed by atoms with Crippen LogP contribution in [0.25, 0.3) is 11.1 Å². The number of hydrogen-bond donors (Lipinski definition) is 1. The quantitative estimate of drug-likeness (QED) is 0.399. The zero-order valence-corrected chi connectivity index (χ0v) is 15.5. The molecule has 6 heteroatoms. The second-order valence-corrected chi connectivity index (χ2v) is 6.34. The Bertz CT molecular complexity index is 1040. The Morgan fingerprint density at radius 2 is 1.54 bits per heavy atom. The van der Waals surface area contributed by atoms with Gasteiger partial charge in [0.05, 0.1) is 10.6 Å². The van der Waals surface area contributed by atoms with E-state index in [1.807, 2.05) is 54.6 Å². The van der Waals surface area contributed by atoms with Crippen molar-refractivity contribution in [2.24, 2.45) is 5.10 Å². The summed E-state index contributed by atoms with van der Waals surface area (Å²) in [7, 11) is 0. The van der Waals surface area contributed by atoms with Crippen molar-refractivity contribution in [3.63, 3.8) is 0 Å². The Morgan fingerprint density at radius 3 is 2.14 bits per heavy atom. The van der Waals surface area contributed by atoms with Crippen LogP contribution in [0.1, 0.15) is 28.4 Å². The van der Waals surface area contributed by atoms with Crippen LogP contribution in [0.4, 0.5) is 5.69 Å². The molecule has 0 spiro atoms. The predicted molar refractivity (Wildman–Crippen MR) is 109 cm³/mol. The van der Waals surface area contributed by atoms with Crippen LogP contribution < -0.4 is 5.43 Å². The number of nitro benzene ring substituents is 1. The van der Waals surface area contributed by atoms with E-state index in [9.17, 15) is 14.9 Å². The molecule has 3 aromatic rings. The summed E-state index contributed by atoms with van der Waals surface area (Å²) < 4.78 is 0. The van der Waals surface area contributed by atoms with Crippen molar-refractivity contribution in [1.29, 1.82) is 0 Å². The van der Waals surface area contributed by atoms with E-state index >= 15 is 0 Å². The molecule has 0 radical (unpaired) electrons. The standard InChI is InChI=1S/C22H19N3O3/c1-15-14-20(12-13-21(15)25(27)28)22(26)24-23-16(2)17-8-10-19(11-9-17)18-6-4-3-5-7-18/h3-14H,1-2H3,(H,24,26)/b23-16+. The molecular weight excluding hydrogens is 354 g/mol. The van der Waals surface area contributed by atoms with Crippen LogP contribution in [-0.2, 0) is 0 Å². The number of carbonyl (C=O) groups is 1. The zero-order chi connectivity index (χ0) is 20.1. The number of aryl methyl sites for hydroxylation is 1. The van der Waals surface area contributed by atoms with Crippen LogP contribution in [0.2, 0.25) is 0 Å². The van der Waals surface area contributed by atoms with Crippen molar-refractivity contribution in [1.82, 2.24) is 5.43 Å². The molecular formula is C22H19N3O3. The molecule has 140 valence electrons. The Morgan fingerprint density at radius 1 is 0.929 bits per heavy atom. The van der Waals surface area contributed by atoms with Gasteiger partial charge in [0.15, 0.2) is 0 Å². The Kier molecular flexibility index (Phi) is 5.60. The van der Waals surface area contributed by atoms with Gasteiger partial charge in [0.1, 0.15) is 0 Å². The van der Waals surface area contributed by atoms with Crippen LogP contribution in [0, 0.1) is 17.0 Å². The third kappa shape index (κ3) is 4.29. The molecule has 0 aliphatic carbocycles. The fourth-order valence-electron chi connectivity index (χ4n) is 2.80. The van der Waals surface area contributed by atoms with Gasteiger partial charge < -0.3 is 0 Å². The first-order chi connectivity index (χ1) is 13.5. The summed E-state index contributed by atoms with van der Waals surface area (Å²) >= 11 is 0. The van der Waals surface area contributed by atoms with E-state index in [1.165, 1.54) is 18.2 Å². The Hall–Kier alpha value is -3.80. The summed E-state index contributed by atoms with van der Waals surface area (Å²) in [6.45, 7) is 3.40. The number of amides is 1. The number of carbonyl (C=O) groups excluding carboxylic acids is 1. The summed E-state index contributed by atoms with van der Waals surface area (Å²) in [5.41, 5.74) is 7.00. The molecule has 0 saturated carbocycles. The highest BCUT2D eigenvalue weighted by Crippen LogP contribution is 2.20. The summed E-state index contributed by atoms with van der Waals surface area (Å²) in [6.07, 6.45) is 0. The van der Waals surface area contributed by atoms with Gasteiger partial charge in [0.25, 0.3) is 11.6 Å². The minimum atomic E-state index is -0.474. The van der Waals surface area contributed by atoms with E-state index in [0.29, 0.717) is 16.8 Å². The zero-order valence-electron chi connectivity index (χ0n) is 15.5. The molecule has 0 atom stereocenters. The third-order valence-electron chi connectivity index (χ3n) is 4.39. The lowest BCUT2D eigenvalue weighted by molar-refractivity contribution is -0.385. The molecule has 0 aliphatic rings. The number of rotatable bonds is 5. The second kappa shape index (κ2) is 8.26. The van der Waals surface area contributed by atoms with Gasteiger partial charge >= 0.3 is 0 Å². The van der Waals surface area contributed by atoms with Crippen LogP contribution in [0.3, 0.4) is 0 Å². The SMILES string of the molecule is C/C(=N\NC(=O)c1ccc([N+](=O)[O-])c(C)c1)c1ccc(-c2ccccc2)cc1. The normalized spacial score (nSPS) is 11.1. The second-order valence-electron chi connectivity index (χ2n) is 6.34. The molecule has 0 saturated heterocycles. The lowest BCUT2D eigenvalue weighted by Gasteiger charge is -2.06.